The molecule has 1 aromatic rings. The molecule has 2 unspecified atom stereocenters. The van der Waals surface area contributed by atoms with Crippen LogP contribution in [0.25, 0.3) is 0 Å². The predicted octanol–water partition coefficient (Wildman–Crippen LogP) is 8.38. The molecule has 0 amide bonds. The fraction of sp³-hybridized carbons (Fsp3) is 0.564. The highest BCUT2D eigenvalue weighted by Crippen LogP contribution is 2.67. The summed E-state index contributed by atoms with van der Waals surface area (Å²) in [5, 5.41) is 22.6. The van der Waals surface area contributed by atoms with Crippen molar-refractivity contribution in [1.29, 1.82) is 0 Å². The van der Waals surface area contributed by atoms with E-state index in [1.807, 2.05) is 68.4 Å². The summed E-state index contributed by atoms with van der Waals surface area (Å²) in [4.78, 5) is 44.8. The van der Waals surface area contributed by atoms with E-state index in [4.69, 9.17) is 4.74 Å². The Kier molecular flexibility index (Phi) is 11.0. The molecule has 0 heterocycles. The lowest BCUT2D eigenvalue weighted by Gasteiger charge is -2.64. The van der Waals surface area contributed by atoms with E-state index in [0.29, 0.717) is 25.7 Å². The summed E-state index contributed by atoms with van der Waals surface area (Å²) in [7, 11) is 1.38. The number of allylic oxidation sites excluding steroid dienone is 7. The van der Waals surface area contributed by atoms with Crippen LogP contribution >= 0.6 is 0 Å². The summed E-state index contributed by atoms with van der Waals surface area (Å²) in [6, 6.07) is 4.19. The Balaban J connectivity index is 2.39. The minimum absolute atomic E-state index is 0.0926. The molecular formula is C39H54O6. The van der Waals surface area contributed by atoms with Gasteiger partial charge in [-0.05, 0) is 116 Å². The topological polar surface area (TPSA) is 101 Å². The van der Waals surface area contributed by atoms with Gasteiger partial charge in [-0.3, -0.25) is 14.4 Å². The molecular weight excluding hydrogens is 564 g/mol. The van der Waals surface area contributed by atoms with Crippen molar-refractivity contribution in [1.82, 2.24) is 0 Å². The van der Waals surface area contributed by atoms with Crippen molar-refractivity contribution in [2.24, 2.45) is 34.0 Å². The van der Waals surface area contributed by atoms with Crippen molar-refractivity contribution in [2.45, 2.75) is 101 Å². The van der Waals surface area contributed by atoms with Crippen molar-refractivity contribution in [2.75, 3.05) is 7.11 Å². The Morgan fingerprint density at radius 1 is 1.02 bits per heavy atom. The van der Waals surface area contributed by atoms with E-state index in [0.717, 1.165) is 22.3 Å². The number of rotatable bonds is 12. The number of ether oxygens (including phenoxy) is 1. The fourth-order valence-corrected chi connectivity index (χ4v) is 7.68. The third-order valence-corrected chi connectivity index (χ3v) is 10.6. The minimum Gasteiger partial charge on any atom is -0.504 e. The lowest BCUT2D eigenvalue weighted by molar-refractivity contribution is -0.198. The van der Waals surface area contributed by atoms with Crippen LogP contribution in [0.3, 0.4) is 0 Å². The second-order valence-corrected chi connectivity index (χ2v) is 14.8. The summed E-state index contributed by atoms with van der Waals surface area (Å²) in [5.74, 6) is -3.09. The molecule has 6 atom stereocenters. The molecule has 6 heteroatoms. The molecule has 2 saturated carbocycles. The van der Waals surface area contributed by atoms with E-state index in [1.54, 1.807) is 0 Å². The van der Waals surface area contributed by atoms with Crippen LogP contribution in [0.5, 0.6) is 11.5 Å². The molecule has 2 bridgehead atoms. The number of methoxy groups -OCH3 is 1. The number of fused-ring (bicyclic) bond motifs is 2. The Morgan fingerprint density at radius 3 is 2.16 bits per heavy atom. The monoisotopic (exact) mass is 618 g/mol. The second kappa shape index (κ2) is 13.6. The number of carbonyl (C=O) groups excluding carboxylic acids is 3. The minimum atomic E-state index is -1.53. The van der Waals surface area contributed by atoms with Crippen LogP contribution in [0.2, 0.25) is 0 Å². The fourth-order valence-electron chi connectivity index (χ4n) is 7.68. The highest BCUT2D eigenvalue weighted by Gasteiger charge is 2.75. The van der Waals surface area contributed by atoms with Gasteiger partial charge in [-0.1, -0.05) is 60.9 Å². The highest BCUT2D eigenvalue weighted by molar-refractivity contribution is 6.23. The molecule has 0 radical (unpaired) electrons. The van der Waals surface area contributed by atoms with Gasteiger partial charge < -0.3 is 14.9 Å². The van der Waals surface area contributed by atoms with Gasteiger partial charge in [0.25, 0.3) is 0 Å². The number of phenols is 1. The second-order valence-electron chi connectivity index (χ2n) is 14.8. The summed E-state index contributed by atoms with van der Waals surface area (Å²) < 4.78 is 5.26. The van der Waals surface area contributed by atoms with Crippen LogP contribution in [0.1, 0.15) is 105 Å². The van der Waals surface area contributed by atoms with Crippen molar-refractivity contribution in [3.05, 3.63) is 70.9 Å². The molecule has 0 saturated heterocycles. The Hall–Kier alpha value is -3.25. The molecule has 3 rings (SSSR count). The van der Waals surface area contributed by atoms with Crippen molar-refractivity contribution in [3.63, 3.8) is 0 Å². The van der Waals surface area contributed by atoms with Gasteiger partial charge in [-0.25, -0.2) is 0 Å². The maximum Gasteiger partial charge on any atom is 0.176 e. The Morgan fingerprint density at radius 2 is 1.62 bits per heavy atom. The number of hydrogen-bond acceptors (Lipinski definition) is 6. The lowest BCUT2D eigenvalue weighted by atomic mass is 9.37. The molecule has 2 aliphatic rings. The van der Waals surface area contributed by atoms with Gasteiger partial charge in [0.15, 0.2) is 28.8 Å². The first kappa shape index (κ1) is 36.2. The number of Topliss-reactive ketones (excluding diaryl/α,β-unsaturated/α-hetero) is 3. The smallest absolute Gasteiger partial charge is 0.176 e. The molecule has 2 N–H and O–H groups in total. The quantitative estimate of drug-likeness (QED) is 0.139. The molecule has 2 aliphatic carbocycles. The maximum atomic E-state index is 15.3. The van der Waals surface area contributed by atoms with Crippen molar-refractivity contribution >= 4 is 17.3 Å². The number of aromatic hydroxyl groups is 1. The summed E-state index contributed by atoms with van der Waals surface area (Å²) in [6.45, 7) is 22.2. The number of benzene rings is 1. The van der Waals surface area contributed by atoms with E-state index < -0.39 is 39.8 Å². The van der Waals surface area contributed by atoms with Crippen LogP contribution in [0.15, 0.2) is 65.3 Å². The first-order chi connectivity index (χ1) is 20.9. The molecule has 0 aliphatic heterocycles. The van der Waals surface area contributed by atoms with Gasteiger partial charge in [-0.15, -0.1) is 0 Å². The molecule has 0 spiro atoms. The number of hydrogen-bond donors (Lipinski definition) is 2. The number of aliphatic hydroxyl groups is 1. The van der Waals surface area contributed by atoms with Crippen molar-refractivity contribution in [3.8, 4) is 11.5 Å². The first-order valence-corrected chi connectivity index (χ1v) is 16.1. The number of phenolic OH excluding ortho intramolecular Hbond substituents is 1. The van der Waals surface area contributed by atoms with Gasteiger partial charge in [0, 0.05) is 5.56 Å². The van der Waals surface area contributed by atoms with E-state index in [9.17, 15) is 15.0 Å². The zero-order valence-electron chi connectivity index (χ0n) is 29.0. The molecule has 2 fully saturated rings. The maximum absolute atomic E-state index is 15.3. The van der Waals surface area contributed by atoms with Crippen LogP contribution in [0, 0.1) is 34.0 Å². The van der Waals surface area contributed by atoms with Crippen LogP contribution in [-0.4, -0.2) is 40.8 Å². The van der Waals surface area contributed by atoms with Gasteiger partial charge in [0.2, 0.25) is 0 Å². The van der Waals surface area contributed by atoms with E-state index in [1.165, 1.54) is 25.3 Å². The van der Waals surface area contributed by atoms with Gasteiger partial charge >= 0.3 is 0 Å². The number of carbonyl (C=O) groups is 3. The van der Waals surface area contributed by atoms with Gasteiger partial charge in [0.05, 0.1) is 24.0 Å². The zero-order valence-corrected chi connectivity index (χ0v) is 29.0. The molecule has 6 nitrogen and oxygen atoms in total. The summed E-state index contributed by atoms with van der Waals surface area (Å²) in [6.07, 6.45) is 6.79. The SMILES string of the molecule is C=C(C)[C@H](CC=C(C)C)C[C@]12C[C@H](CC=C(C)C)C(C)(C)[C@](CC=C(C)C)(C(=O)C(C(=O)c3ccc(O)c(OC)c3)C1O)C2=O. The molecule has 246 valence electrons. The first-order valence-electron chi connectivity index (χ1n) is 16.1. The lowest BCUT2D eigenvalue weighted by Crippen LogP contribution is -2.73. The Labute approximate surface area is 270 Å². The average Bonchev–Trinajstić information content (AvgIpc) is 2.94. The largest absolute Gasteiger partial charge is 0.504 e. The molecule has 1 aromatic carbocycles. The van der Waals surface area contributed by atoms with Gasteiger partial charge in [-0.2, -0.15) is 0 Å². The van der Waals surface area contributed by atoms with Crippen LogP contribution in [-0.2, 0) is 9.59 Å². The van der Waals surface area contributed by atoms with Crippen LogP contribution in [0.4, 0.5) is 0 Å². The predicted molar refractivity (Wildman–Crippen MR) is 180 cm³/mol. The standard InChI is InChI=1S/C39H54O6/c1-23(2)12-14-28(26(7)8)21-38-22-29(16-13-24(3)4)37(9,10)39(36(38)44,19-18-25(5)6)35(43)32(34(38)42)33(41)27-15-17-30(40)31(20-27)45-11/h12-13,15,17-18,20,28-29,32,34,40,42H,7,14,16,19,21-22H2,1-6,8-11H3/t28-,29+,32?,34?,38+,39-/m1/s1. The van der Waals surface area contributed by atoms with E-state index >= 15 is 9.59 Å². The normalized spacial score (nSPS) is 27.7. The van der Waals surface area contributed by atoms with E-state index in [2.05, 4.69) is 18.7 Å². The third-order valence-electron chi connectivity index (χ3n) is 10.6. The number of ketones is 3. The van der Waals surface area contributed by atoms with E-state index in [-0.39, 0.29) is 41.1 Å². The molecule has 45 heavy (non-hydrogen) atoms. The summed E-state index contributed by atoms with van der Waals surface area (Å²) in [5.41, 5.74) is 0.601. The zero-order chi connectivity index (χ0) is 34.1. The molecule has 0 aromatic heterocycles. The third kappa shape index (κ3) is 6.54. The summed E-state index contributed by atoms with van der Waals surface area (Å²) >= 11 is 0. The van der Waals surface area contributed by atoms with Crippen LogP contribution < -0.4 is 4.74 Å². The average molecular weight is 619 g/mol. The van der Waals surface area contributed by atoms with Crippen molar-refractivity contribution < 1.29 is 29.3 Å². The van der Waals surface area contributed by atoms with Gasteiger partial charge in [0.1, 0.15) is 5.92 Å². The number of aliphatic hydroxyl groups excluding tert-OH is 1. The highest BCUT2D eigenvalue weighted by atomic mass is 16.5. The Bertz CT molecular complexity index is 1430.